The fourth-order valence-electron chi connectivity index (χ4n) is 3.54. The molecular weight excluding hydrogens is 512 g/mol. The minimum Gasteiger partial charge on any atom is -0.344 e. The van der Waals surface area contributed by atoms with Crippen LogP contribution in [0.3, 0.4) is 0 Å². The second kappa shape index (κ2) is 11.7. The summed E-state index contributed by atoms with van der Waals surface area (Å²) in [5.41, 5.74) is -0.639. The Labute approximate surface area is 210 Å². The highest BCUT2D eigenvalue weighted by molar-refractivity contribution is 8.01. The van der Waals surface area contributed by atoms with Gasteiger partial charge in [0.25, 0.3) is 0 Å². The molecule has 3 rings (SSSR count). The largest absolute Gasteiger partial charge is 0.416 e. The van der Waals surface area contributed by atoms with Crippen molar-refractivity contribution in [2.75, 3.05) is 42.0 Å². The van der Waals surface area contributed by atoms with Gasteiger partial charge in [-0.25, -0.2) is 0 Å². The van der Waals surface area contributed by atoms with E-state index in [1.165, 1.54) is 16.4 Å². The number of carbonyl (C=O) groups excluding carboxylic acids is 1. The highest BCUT2D eigenvalue weighted by Gasteiger charge is 2.32. The number of nitrogens with one attached hydrogen (secondary N) is 1. The molecule has 0 spiro atoms. The molecule has 2 N–H and O–H groups in total. The Morgan fingerprint density at radius 2 is 1.79 bits per heavy atom. The number of anilines is 2. The van der Waals surface area contributed by atoms with Gasteiger partial charge in [0.15, 0.2) is 0 Å². The first kappa shape index (κ1) is 26.7. The Balaban J connectivity index is 1.84. The third-order valence-electron chi connectivity index (χ3n) is 5.46. The summed E-state index contributed by atoms with van der Waals surface area (Å²) in [5.74, 6) is 0.0286. The molecule has 1 aliphatic heterocycles. The van der Waals surface area contributed by atoms with Crippen LogP contribution in [-0.4, -0.2) is 49.2 Å². The normalized spacial score (nSPS) is 14.7. The van der Waals surface area contributed by atoms with Gasteiger partial charge in [0.05, 0.1) is 34.1 Å². The smallest absolute Gasteiger partial charge is 0.344 e. The predicted molar refractivity (Wildman–Crippen MR) is 130 cm³/mol. The van der Waals surface area contributed by atoms with Crippen LogP contribution in [0.25, 0.3) is 0 Å². The van der Waals surface area contributed by atoms with Crippen molar-refractivity contribution in [3.8, 4) is 0 Å². The van der Waals surface area contributed by atoms with Crippen LogP contribution < -0.4 is 14.1 Å². The average molecular weight is 537 g/mol. The number of rotatable bonds is 8. The van der Waals surface area contributed by atoms with Crippen molar-refractivity contribution in [3.05, 3.63) is 58.1 Å². The number of amides is 1. The SMILES string of the molecule is CN(CC1CCNCC1)C(=O)CN(SN(O)c1ccc(Cl)cc1)c1cc(C(F)(F)F)ccc1Cl. The van der Waals surface area contributed by atoms with Crippen molar-refractivity contribution in [3.63, 3.8) is 0 Å². The maximum Gasteiger partial charge on any atom is 0.416 e. The highest BCUT2D eigenvalue weighted by atomic mass is 35.5. The standard InChI is InChI=1S/C22H25Cl2F3N4O2S/c1-29(13-15-8-10-28-11-9-15)21(32)14-30(34-31(33)18-5-3-17(23)4-6-18)20-12-16(22(25,26)27)2-7-19(20)24/h2-7,12,15,28,33H,8-11,13-14H2,1H3. The van der Waals surface area contributed by atoms with Crippen molar-refractivity contribution in [2.45, 2.75) is 19.0 Å². The van der Waals surface area contributed by atoms with E-state index in [0.29, 0.717) is 35.3 Å². The lowest BCUT2D eigenvalue weighted by Crippen LogP contribution is -2.41. The zero-order valence-electron chi connectivity index (χ0n) is 18.4. The van der Waals surface area contributed by atoms with Crippen molar-refractivity contribution < 1.29 is 23.2 Å². The molecule has 12 heteroatoms. The fraction of sp³-hybridized carbons (Fsp3) is 0.409. The Bertz CT molecular complexity index is 976. The maximum atomic E-state index is 13.4. The molecule has 34 heavy (non-hydrogen) atoms. The van der Waals surface area contributed by atoms with Gasteiger partial charge in [-0.2, -0.15) is 17.6 Å². The molecule has 0 atom stereocenters. The molecule has 0 radical (unpaired) electrons. The number of piperidine rings is 1. The van der Waals surface area contributed by atoms with E-state index >= 15 is 0 Å². The zero-order valence-corrected chi connectivity index (χ0v) is 20.7. The number of benzene rings is 2. The Hall–Kier alpha value is -1.85. The molecule has 0 aromatic heterocycles. The van der Waals surface area contributed by atoms with Gasteiger partial charge >= 0.3 is 6.18 Å². The molecule has 1 saturated heterocycles. The summed E-state index contributed by atoms with van der Waals surface area (Å²) in [4.78, 5) is 14.6. The molecule has 6 nitrogen and oxygen atoms in total. The van der Waals surface area contributed by atoms with Gasteiger partial charge in [-0.05, 0) is 74.3 Å². The van der Waals surface area contributed by atoms with Crippen LogP contribution in [0.5, 0.6) is 0 Å². The van der Waals surface area contributed by atoms with Gasteiger partial charge in [-0.3, -0.25) is 14.3 Å². The van der Waals surface area contributed by atoms with E-state index in [2.05, 4.69) is 5.32 Å². The van der Waals surface area contributed by atoms with Crippen molar-refractivity contribution >= 4 is 52.6 Å². The molecule has 1 amide bonds. The van der Waals surface area contributed by atoms with E-state index in [0.717, 1.165) is 48.6 Å². The van der Waals surface area contributed by atoms with E-state index in [9.17, 15) is 23.2 Å². The lowest BCUT2D eigenvalue weighted by Gasteiger charge is -2.31. The third kappa shape index (κ3) is 7.32. The van der Waals surface area contributed by atoms with Gasteiger partial charge in [-0.1, -0.05) is 23.2 Å². The predicted octanol–water partition coefficient (Wildman–Crippen LogP) is 5.74. The third-order valence-corrected chi connectivity index (χ3v) is 6.92. The summed E-state index contributed by atoms with van der Waals surface area (Å²) in [7, 11) is 1.66. The fourth-order valence-corrected chi connectivity index (χ4v) is 4.75. The molecule has 2 aromatic rings. The topological polar surface area (TPSA) is 59.1 Å². The summed E-state index contributed by atoms with van der Waals surface area (Å²) < 4.78 is 42.1. The van der Waals surface area contributed by atoms with E-state index in [1.54, 1.807) is 24.1 Å². The van der Waals surface area contributed by atoms with Crippen LogP contribution in [-0.2, 0) is 11.0 Å². The van der Waals surface area contributed by atoms with Gasteiger partial charge in [-0.15, -0.1) is 0 Å². The van der Waals surface area contributed by atoms with Crippen molar-refractivity contribution in [1.82, 2.24) is 10.2 Å². The molecule has 186 valence electrons. The Morgan fingerprint density at radius 3 is 2.41 bits per heavy atom. The van der Waals surface area contributed by atoms with Crippen molar-refractivity contribution in [2.24, 2.45) is 5.92 Å². The number of carbonyl (C=O) groups is 1. The molecule has 0 unspecified atom stereocenters. The monoisotopic (exact) mass is 536 g/mol. The lowest BCUT2D eigenvalue weighted by molar-refractivity contribution is -0.137. The summed E-state index contributed by atoms with van der Waals surface area (Å²) in [6.45, 7) is 2.00. The Kier molecular flexibility index (Phi) is 9.22. The van der Waals surface area contributed by atoms with Gasteiger partial charge < -0.3 is 10.2 Å². The first-order valence-corrected chi connectivity index (χ1v) is 12.0. The average Bonchev–Trinajstić information content (AvgIpc) is 2.79. The van der Waals surface area contributed by atoms with Crippen LogP contribution in [0, 0.1) is 5.92 Å². The molecule has 0 bridgehead atoms. The first-order chi connectivity index (χ1) is 16.0. The van der Waals surface area contributed by atoms with Crippen LogP contribution in [0.15, 0.2) is 42.5 Å². The van der Waals surface area contributed by atoms with Gasteiger partial charge in [0, 0.05) is 18.6 Å². The van der Waals surface area contributed by atoms with E-state index < -0.39 is 11.7 Å². The number of alkyl halides is 3. The van der Waals surface area contributed by atoms with Crippen LogP contribution in [0.2, 0.25) is 10.0 Å². The second-order valence-electron chi connectivity index (χ2n) is 8.00. The molecule has 1 fully saturated rings. The second-order valence-corrected chi connectivity index (χ2v) is 9.79. The number of likely N-dealkylation sites (N-methyl/N-ethyl adjacent to an activating group) is 1. The van der Waals surface area contributed by atoms with E-state index in [-0.39, 0.29) is 23.2 Å². The number of hydrogen-bond donors (Lipinski definition) is 2. The van der Waals surface area contributed by atoms with E-state index in [4.69, 9.17) is 23.2 Å². The summed E-state index contributed by atoms with van der Waals surface area (Å²) in [6.07, 6.45) is -2.71. The number of hydrogen-bond acceptors (Lipinski definition) is 6. The molecule has 0 saturated carbocycles. The maximum absolute atomic E-state index is 13.4. The van der Waals surface area contributed by atoms with Gasteiger partial charge in [0.1, 0.15) is 6.54 Å². The minimum atomic E-state index is -4.60. The van der Waals surface area contributed by atoms with Crippen LogP contribution in [0.4, 0.5) is 24.5 Å². The molecular formula is C22H25Cl2F3N4O2S. The van der Waals surface area contributed by atoms with Crippen LogP contribution >= 0.6 is 35.3 Å². The molecule has 1 heterocycles. The molecule has 1 aliphatic rings. The summed E-state index contributed by atoms with van der Waals surface area (Å²) >= 11 is 12.8. The zero-order chi connectivity index (χ0) is 24.9. The lowest BCUT2D eigenvalue weighted by atomic mass is 9.98. The van der Waals surface area contributed by atoms with Gasteiger partial charge in [0.2, 0.25) is 5.91 Å². The van der Waals surface area contributed by atoms with E-state index in [1.807, 2.05) is 0 Å². The molecule has 2 aromatic carbocycles. The number of nitrogens with zero attached hydrogens (tertiary/aromatic N) is 3. The molecule has 0 aliphatic carbocycles. The Morgan fingerprint density at radius 1 is 1.15 bits per heavy atom. The summed E-state index contributed by atoms with van der Waals surface area (Å²) in [5, 5.41) is 14.3. The quantitative estimate of drug-likeness (QED) is 0.331. The number of halogens is 5. The minimum absolute atomic E-state index is 0.0128. The summed E-state index contributed by atoms with van der Waals surface area (Å²) in [6, 6.07) is 9.04. The first-order valence-electron chi connectivity index (χ1n) is 10.6. The van der Waals surface area contributed by atoms with Crippen LogP contribution in [0.1, 0.15) is 18.4 Å². The van der Waals surface area contributed by atoms with Crippen molar-refractivity contribution in [1.29, 1.82) is 0 Å². The highest BCUT2D eigenvalue weighted by Crippen LogP contribution is 2.38.